The Bertz CT molecular complexity index is 464. The van der Waals surface area contributed by atoms with E-state index < -0.39 is 6.41 Å². The van der Waals surface area contributed by atoms with Crippen LogP contribution in [0.2, 0.25) is 0 Å². The average molecular weight is 323 g/mol. The van der Waals surface area contributed by atoms with Crippen LogP contribution in [0.4, 0.5) is 0 Å². The van der Waals surface area contributed by atoms with E-state index in [1.54, 1.807) is 7.11 Å². The van der Waals surface area contributed by atoms with E-state index in [9.17, 15) is 9.90 Å². The molecule has 1 amide bonds. The number of methoxy groups -OCH3 is 1. The van der Waals surface area contributed by atoms with Gasteiger partial charge in [0.25, 0.3) is 0 Å². The lowest BCUT2D eigenvalue weighted by atomic mass is 9.76. The number of rotatable bonds is 3. The lowest BCUT2D eigenvalue weighted by Gasteiger charge is -2.44. The summed E-state index contributed by atoms with van der Waals surface area (Å²) in [5.41, 5.74) is 0.236. The predicted octanol–water partition coefficient (Wildman–Crippen LogP) is 0.364. The standard InChI is InChI=1S/C17H29N3O3/c1-23-16(22)20-10-12-6-13(8-14(20)7-12)19-4-2-17(3-5-19)9-15(21)18-11-17/h12-14,16,22H,2-11H2,1H3,(H,18,21). The molecule has 1 aliphatic carbocycles. The quantitative estimate of drug-likeness (QED) is 0.735. The molecule has 3 saturated heterocycles. The molecule has 4 rings (SSSR count). The van der Waals surface area contributed by atoms with E-state index in [-0.39, 0.29) is 11.3 Å². The van der Waals surface area contributed by atoms with E-state index in [2.05, 4.69) is 15.1 Å². The van der Waals surface area contributed by atoms with E-state index in [0.29, 0.717) is 18.0 Å². The summed E-state index contributed by atoms with van der Waals surface area (Å²) in [6.45, 7) is 4.08. The van der Waals surface area contributed by atoms with Gasteiger partial charge in [-0.1, -0.05) is 0 Å². The summed E-state index contributed by atoms with van der Waals surface area (Å²) in [7, 11) is 1.57. The first-order valence-corrected chi connectivity index (χ1v) is 9.06. The minimum Gasteiger partial charge on any atom is -0.356 e. The first-order chi connectivity index (χ1) is 11.1. The molecule has 6 nitrogen and oxygen atoms in total. The maximum Gasteiger partial charge on any atom is 0.220 e. The maximum atomic E-state index is 11.6. The maximum absolute atomic E-state index is 11.6. The van der Waals surface area contributed by atoms with Crippen molar-refractivity contribution >= 4 is 5.91 Å². The SMILES string of the molecule is COC(O)N1CC2CC(N3CCC4(CC3)CNC(=O)C4)CC1C2. The number of carbonyl (C=O) groups excluding carboxylic acids is 1. The molecule has 4 fully saturated rings. The van der Waals surface area contributed by atoms with Crippen molar-refractivity contribution in [3.8, 4) is 0 Å². The number of nitrogens with one attached hydrogen (secondary N) is 1. The predicted molar refractivity (Wildman–Crippen MR) is 85.5 cm³/mol. The fourth-order valence-corrected chi connectivity index (χ4v) is 5.41. The number of carbonyl (C=O) groups is 1. The fraction of sp³-hybridized carbons (Fsp3) is 0.941. The van der Waals surface area contributed by atoms with Crippen LogP contribution in [-0.2, 0) is 9.53 Å². The Kier molecular flexibility index (Phi) is 4.12. The highest BCUT2D eigenvalue weighted by molar-refractivity contribution is 5.79. The summed E-state index contributed by atoms with van der Waals surface area (Å²) in [5.74, 6) is 0.924. The van der Waals surface area contributed by atoms with Crippen LogP contribution in [0, 0.1) is 11.3 Å². The summed E-state index contributed by atoms with van der Waals surface area (Å²) in [6.07, 6.45) is 5.85. The molecule has 0 aromatic heterocycles. The zero-order valence-corrected chi connectivity index (χ0v) is 14.0. The van der Waals surface area contributed by atoms with Crippen molar-refractivity contribution in [3.63, 3.8) is 0 Å². The van der Waals surface area contributed by atoms with Crippen molar-refractivity contribution in [2.24, 2.45) is 11.3 Å². The number of ether oxygens (including phenoxy) is 1. The number of hydrogen-bond donors (Lipinski definition) is 2. The van der Waals surface area contributed by atoms with Crippen LogP contribution >= 0.6 is 0 Å². The molecular formula is C17H29N3O3. The molecule has 1 spiro atoms. The zero-order valence-electron chi connectivity index (χ0n) is 14.0. The van der Waals surface area contributed by atoms with E-state index in [4.69, 9.17) is 4.74 Å². The van der Waals surface area contributed by atoms with Gasteiger partial charge in [0, 0.05) is 38.7 Å². The number of piperidine rings is 1. The minimum atomic E-state index is -0.746. The molecule has 2 N–H and O–H groups in total. The van der Waals surface area contributed by atoms with Crippen molar-refractivity contribution in [1.29, 1.82) is 0 Å². The third-order valence-electron chi connectivity index (χ3n) is 6.76. The molecule has 4 atom stereocenters. The molecule has 3 heterocycles. The lowest BCUT2D eigenvalue weighted by Crippen LogP contribution is -2.49. The number of nitrogens with zero attached hydrogens (tertiary/aromatic N) is 2. The van der Waals surface area contributed by atoms with Gasteiger partial charge in [-0.25, -0.2) is 0 Å². The summed E-state index contributed by atoms with van der Waals surface area (Å²) in [5, 5.41) is 13.0. The average Bonchev–Trinajstić information content (AvgIpc) is 3.07. The largest absolute Gasteiger partial charge is 0.356 e. The van der Waals surface area contributed by atoms with Crippen molar-refractivity contribution in [3.05, 3.63) is 0 Å². The minimum absolute atomic E-state index is 0.235. The molecule has 4 aliphatic rings. The van der Waals surface area contributed by atoms with Gasteiger partial charge in [0.2, 0.25) is 12.3 Å². The van der Waals surface area contributed by atoms with Gasteiger partial charge in [-0.3, -0.25) is 9.69 Å². The monoisotopic (exact) mass is 323 g/mol. The smallest absolute Gasteiger partial charge is 0.220 e. The molecule has 3 aliphatic heterocycles. The van der Waals surface area contributed by atoms with E-state index in [1.165, 1.54) is 12.8 Å². The summed E-state index contributed by atoms with van der Waals surface area (Å²) in [4.78, 5) is 16.3. The number of aliphatic hydroxyl groups is 1. The Morgan fingerprint density at radius 1 is 1.26 bits per heavy atom. The van der Waals surface area contributed by atoms with Crippen LogP contribution in [0.25, 0.3) is 0 Å². The van der Waals surface area contributed by atoms with Gasteiger partial charge in [0.05, 0.1) is 0 Å². The Labute approximate surface area is 138 Å². The molecule has 23 heavy (non-hydrogen) atoms. The van der Waals surface area contributed by atoms with E-state index in [0.717, 1.165) is 51.9 Å². The zero-order chi connectivity index (χ0) is 16.0. The summed E-state index contributed by atoms with van der Waals surface area (Å²) >= 11 is 0. The molecule has 6 heteroatoms. The molecule has 0 aromatic carbocycles. The Morgan fingerprint density at radius 2 is 2.00 bits per heavy atom. The molecule has 0 aromatic rings. The highest BCUT2D eigenvalue weighted by atomic mass is 16.6. The Morgan fingerprint density at radius 3 is 2.65 bits per heavy atom. The van der Waals surface area contributed by atoms with Gasteiger partial charge >= 0.3 is 0 Å². The van der Waals surface area contributed by atoms with E-state index in [1.807, 2.05) is 0 Å². The number of amides is 1. The van der Waals surface area contributed by atoms with Gasteiger partial charge < -0.3 is 20.1 Å². The highest BCUT2D eigenvalue weighted by Crippen LogP contribution is 2.42. The highest BCUT2D eigenvalue weighted by Gasteiger charge is 2.46. The van der Waals surface area contributed by atoms with Crippen LogP contribution in [0.5, 0.6) is 0 Å². The first-order valence-electron chi connectivity index (χ1n) is 9.06. The topological polar surface area (TPSA) is 65.0 Å². The molecular weight excluding hydrogens is 294 g/mol. The van der Waals surface area contributed by atoms with Gasteiger partial charge in [-0.2, -0.15) is 0 Å². The van der Waals surface area contributed by atoms with Crippen molar-refractivity contribution < 1.29 is 14.6 Å². The second kappa shape index (κ2) is 5.99. The summed E-state index contributed by atoms with van der Waals surface area (Å²) in [6, 6.07) is 1.09. The Hall–Kier alpha value is -0.690. The van der Waals surface area contributed by atoms with Crippen LogP contribution in [-0.4, -0.2) is 72.6 Å². The molecule has 2 bridgehead atoms. The Balaban J connectivity index is 1.35. The molecule has 0 radical (unpaired) electrons. The van der Waals surface area contributed by atoms with Crippen LogP contribution in [0.15, 0.2) is 0 Å². The van der Waals surface area contributed by atoms with Crippen LogP contribution in [0.1, 0.15) is 38.5 Å². The molecule has 4 unspecified atom stereocenters. The van der Waals surface area contributed by atoms with Crippen LogP contribution < -0.4 is 5.32 Å². The van der Waals surface area contributed by atoms with Crippen LogP contribution in [0.3, 0.4) is 0 Å². The normalized spacial score (nSPS) is 38.9. The number of fused-ring (bicyclic) bond motifs is 2. The third-order valence-corrected chi connectivity index (χ3v) is 6.76. The van der Waals surface area contributed by atoms with E-state index >= 15 is 0 Å². The number of aliphatic hydroxyl groups excluding tert-OH is 1. The van der Waals surface area contributed by atoms with Gasteiger partial charge in [0.1, 0.15) is 0 Å². The number of hydrogen-bond acceptors (Lipinski definition) is 5. The second-order valence-electron chi connectivity index (χ2n) is 8.13. The van der Waals surface area contributed by atoms with Crippen molar-refractivity contribution in [1.82, 2.24) is 15.1 Å². The fourth-order valence-electron chi connectivity index (χ4n) is 5.41. The number of likely N-dealkylation sites (tertiary alicyclic amines) is 2. The molecule has 1 saturated carbocycles. The van der Waals surface area contributed by atoms with Crippen molar-refractivity contribution in [2.75, 3.05) is 33.3 Å². The molecule has 130 valence electrons. The van der Waals surface area contributed by atoms with Gasteiger partial charge in [0.15, 0.2) is 0 Å². The van der Waals surface area contributed by atoms with Gasteiger partial charge in [-0.15, -0.1) is 0 Å². The van der Waals surface area contributed by atoms with Gasteiger partial charge in [-0.05, 0) is 56.5 Å². The van der Waals surface area contributed by atoms with Crippen molar-refractivity contribution in [2.45, 2.75) is 57.0 Å². The second-order valence-corrected chi connectivity index (χ2v) is 8.13. The third kappa shape index (κ3) is 2.90. The summed E-state index contributed by atoms with van der Waals surface area (Å²) < 4.78 is 5.13. The first kappa shape index (κ1) is 15.8. The lowest BCUT2D eigenvalue weighted by molar-refractivity contribution is -0.182.